The molecule has 6 nitrogen and oxygen atoms in total. The van der Waals surface area contributed by atoms with Gasteiger partial charge in [0.15, 0.2) is 6.10 Å². The van der Waals surface area contributed by atoms with Crippen LogP contribution in [0.5, 0.6) is 0 Å². The van der Waals surface area contributed by atoms with E-state index in [9.17, 15) is 14.4 Å². The van der Waals surface area contributed by atoms with Crippen LogP contribution in [0.1, 0.15) is 258 Å². The SMILES string of the molecule is CC/C=C\C/C=C\C/C=C\CCCCCCC(=O)OCC(COC(=O)CCCCCCCCC/C=C\C/C=C\CCCCC)OC(=O)CCCCCCCCC/C=C\C/C=C\CCCCC. The molecule has 1 unspecified atom stereocenters. The van der Waals surface area contributed by atoms with Crippen molar-refractivity contribution in [2.24, 2.45) is 0 Å². The predicted octanol–water partition coefficient (Wildman–Crippen LogP) is 18.4. The molecule has 0 heterocycles. The van der Waals surface area contributed by atoms with Gasteiger partial charge >= 0.3 is 17.9 Å². The van der Waals surface area contributed by atoms with Crippen LogP contribution in [0, 0.1) is 0 Å². The van der Waals surface area contributed by atoms with Crippen LogP contribution in [0.2, 0.25) is 0 Å². The summed E-state index contributed by atoms with van der Waals surface area (Å²) in [5.74, 6) is -0.927. The highest BCUT2D eigenvalue weighted by Gasteiger charge is 2.19. The van der Waals surface area contributed by atoms with Crippen molar-refractivity contribution in [3.05, 3.63) is 85.1 Å². The Hall–Kier alpha value is -3.41. The molecule has 0 aromatic heterocycles. The summed E-state index contributed by atoms with van der Waals surface area (Å²) < 4.78 is 16.8. The van der Waals surface area contributed by atoms with Crippen LogP contribution >= 0.6 is 0 Å². The number of hydrogen-bond donors (Lipinski definition) is 0. The summed E-state index contributed by atoms with van der Waals surface area (Å²) in [5.41, 5.74) is 0. The van der Waals surface area contributed by atoms with Crippen LogP contribution in [0.15, 0.2) is 85.1 Å². The highest BCUT2D eigenvalue weighted by atomic mass is 16.6. The van der Waals surface area contributed by atoms with E-state index in [-0.39, 0.29) is 31.1 Å². The maximum Gasteiger partial charge on any atom is 0.306 e. The zero-order chi connectivity index (χ0) is 47.9. The smallest absolute Gasteiger partial charge is 0.306 e. The summed E-state index contributed by atoms with van der Waals surface area (Å²) in [6, 6.07) is 0. The predicted molar refractivity (Wildman–Crippen MR) is 284 cm³/mol. The quantitative estimate of drug-likeness (QED) is 0.0262. The third-order valence-electron chi connectivity index (χ3n) is 11.6. The van der Waals surface area contributed by atoms with Gasteiger partial charge in [0.2, 0.25) is 0 Å². The Morgan fingerprint density at radius 1 is 0.318 bits per heavy atom. The van der Waals surface area contributed by atoms with Crippen molar-refractivity contribution in [2.45, 2.75) is 264 Å². The topological polar surface area (TPSA) is 78.9 Å². The molecular formula is C60H102O6. The van der Waals surface area contributed by atoms with Gasteiger partial charge in [0.05, 0.1) is 0 Å². The molecule has 0 spiro atoms. The molecule has 6 heteroatoms. The van der Waals surface area contributed by atoms with E-state index in [1.165, 1.54) is 103 Å². The largest absolute Gasteiger partial charge is 0.462 e. The van der Waals surface area contributed by atoms with E-state index in [0.29, 0.717) is 19.3 Å². The number of carbonyl (C=O) groups excluding carboxylic acids is 3. The normalized spacial score (nSPS) is 12.7. The van der Waals surface area contributed by atoms with Crippen LogP contribution < -0.4 is 0 Å². The first-order valence-corrected chi connectivity index (χ1v) is 27.6. The Labute approximate surface area is 407 Å². The molecule has 0 aromatic carbocycles. The van der Waals surface area contributed by atoms with Gasteiger partial charge in [-0.25, -0.2) is 0 Å². The second-order valence-electron chi connectivity index (χ2n) is 18.1. The minimum atomic E-state index is -0.794. The molecular weight excluding hydrogens is 817 g/mol. The van der Waals surface area contributed by atoms with Crippen molar-refractivity contribution in [3.63, 3.8) is 0 Å². The van der Waals surface area contributed by atoms with Crippen LogP contribution in [-0.4, -0.2) is 37.2 Å². The van der Waals surface area contributed by atoms with Gasteiger partial charge in [-0.2, -0.15) is 0 Å². The van der Waals surface area contributed by atoms with Gasteiger partial charge < -0.3 is 14.2 Å². The fourth-order valence-electron chi connectivity index (χ4n) is 7.46. The molecule has 0 N–H and O–H groups in total. The molecule has 0 amide bonds. The van der Waals surface area contributed by atoms with E-state index in [4.69, 9.17) is 14.2 Å². The number of carbonyl (C=O) groups is 3. The van der Waals surface area contributed by atoms with Crippen molar-refractivity contribution in [2.75, 3.05) is 13.2 Å². The van der Waals surface area contributed by atoms with Crippen molar-refractivity contribution in [1.82, 2.24) is 0 Å². The highest BCUT2D eigenvalue weighted by molar-refractivity contribution is 5.71. The maximum absolute atomic E-state index is 12.8. The van der Waals surface area contributed by atoms with Crippen LogP contribution in [0.4, 0.5) is 0 Å². The van der Waals surface area contributed by atoms with Gasteiger partial charge in [-0.15, -0.1) is 0 Å². The minimum absolute atomic E-state index is 0.0916. The average Bonchev–Trinajstić information content (AvgIpc) is 3.31. The third-order valence-corrected chi connectivity index (χ3v) is 11.6. The van der Waals surface area contributed by atoms with Crippen molar-refractivity contribution in [1.29, 1.82) is 0 Å². The molecule has 0 aromatic rings. The molecule has 0 aliphatic carbocycles. The minimum Gasteiger partial charge on any atom is -0.462 e. The Kier molecular flexibility index (Phi) is 51.4. The fourth-order valence-corrected chi connectivity index (χ4v) is 7.46. The summed E-state index contributed by atoms with van der Waals surface area (Å²) in [6.45, 7) is 6.45. The lowest BCUT2D eigenvalue weighted by molar-refractivity contribution is -0.167. The van der Waals surface area contributed by atoms with E-state index in [1.807, 2.05) is 0 Å². The second-order valence-corrected chi connectivity index (χ2v) is 18.1. The fraction of sp³-hybridized carbons (Fsp3) is 0.717. The summed E-state index contributed by atoms with van der Waals surface area (Å²) in [7, 11) is 0. The number of rotatable bonds is 49. The van der Waals surface area contributed by atoms with E-state index in [2.05, 4.69) is 106 Å². The Morgan fingerprint density at radius 3 is 0.924 bits per heavy atom. The van der Waals surface area contributed by atoms with Gasteiger partial charge in [0.25, 0.3) is 0 Å². The van der Waals surface area contributed by atoms with E-state index in [0.717, 1.165) is 116 Å². The maximum atomic E-state index is 12.8. The first-order valence-electron chi connectivity index (χ1n) is 27.6. The van der Waals surface area contributed by atoms with E-state index in [1.54, 1.807) is 0 Å². The zero-order valence-corrected chi connectivity index (χ0v) is 43.2. The monoisotopic (exact) mass is 919 g/mol. The molecule has 378 valence electrons. The third kappa shape index (κ3) is 51.6. The lowest BCUT2D eigenvalue weighted by Gasteiger charge is -2.18. The molecule has 0 bridgehead atoms. The highest BCUT2D eigenvalue weighted by Crippen LogP contribution is 2.14. The number of ether oxygens (including phenoxy) is 3. The Balaban J connectivity index is 4.44. The van der Waals surface area contributed by atoms with Gasteiger partial charge in [0, 0.05) is 19.3 Å². The van der Waals surface area contributed by atoms with Gasteiger partial charge in [0.1, 0.15) is 13.2 Å². The summed E-state index contributed by atoms with van der Waals surface area (Å²) in [5, 5.41) is 0. The Morgan fingerprint density at radius 2 is 0.591 bits per heavy atom. The van der Waals surface area contributed by atoms with Crippen LogP contribution in [0.25, 0.3) is 0 Å². The summed E-state index contributed by atoms with van der Waals surface area (Å²) in [6.07, 6.45) is 69.9. The lowest BCUT2D eigenvalue weighted by Crippen LogP contribution is -2.30. The van der Waals surface area contributed by atoms with Gasteiger partial charge in [-0.3, -0.25) is 14.4 Å². The number of hydrogen-bond acceptors (Lipinski definition) is 6. The summed E-state index contributed by atoms with van der Waals surface area (Å²) in [4.78, 5) is 38.1. The molecule has 66 heavy (non-hydrogen) atoms. The standard InChI is InChI=1S/C60H102O6/c1-4-7-10-13-16-19-22-25-28-30-32-35-38-41-44-47-50-53-59(62)65-56-57(55-64-58(61)52-49-46-43-40-37-34-27-24-21-18-15-12-9-6-3)66-60(63)54-51-48-45-42-39-36-33-31-29-26-23-20-17-14-11-8-5-2/h9,12,16-21,25-29,34,57H,4-8,10-11,13-15,22-24,30-33,35-56H2,1-3H3/b12-9-,19-16-,20-17-,21-18-,28-25-,29-26-,34-27-. The van der Waals surface area contributed by atoms with Gasteiger partial charge in [-0.1, -0.05) is 209 Å². The zero-order valence-electron chi connectivity index (χ0n) is 43.2. The van der Waals surface area contributed by atoms with Crippen molar-refractivity contribution in [3.8, 4) is 0 Å². The molecule has 0 saturated heterocycles. The van der Waals surface area contributed by atoms with Crippen molar-refractivity contribution >= 4 is 17.9 Å². The molecule has 1 atom stereocenters. The Bertz CT molecular complexity index is 1290. The van der Waals surface area contributed by atoms with Crippen molar-refractivity contribution < 1.29 is 28.6 Å². The molecule has 0 fully saturated rings. The first kappa shape index (κ1) is 62.6. The average molecular weight is 919 g/mol. The second kappa shape index (κ2) is 54.2. The first-order chi connectivity index (χ1) is 32.5. The molecule has 0 saturated carbocycles. The van der Waals surface area contributed by atoms with E-state index >= 15 is 0 Å². The number of unbranched alkanes of at least 4 members (excludes halogenated alkanes) is 24. The number of allylic oxidation sites excluding steroid dienone is 14. The van der Waals surface area contributed by atoms with Crippen LogP contribution in [0.3, 0.4) is 0 Å². The molecule has 0 aliphatic heterocycles. The van der Waals surface area contributed by atoms with Gasteiger partial charge in [-0.05, 0) is 116 Å². The summed E-state index contributed by atoms with van der Waals surface area (Å²) >= 11 is 0. The number of esters is 3. The molecule has 0 aliphatic rings. The van der Waals surface area contributed by atoms with Crippen LogP contribution in [-0.2, 0) is 28.6 Å². The molecule has 0 radical (unpaired) electrons. The van der Waals surface area contributed by atoms with E-state index < -0.39 is 6.10 Å². The lowest BCUT2D eigenvalue weighted by atomic mass is 10.1. The molecule has 0 rings (SSSR count).